The van der Waals surface area contributed by atoms with E-state index in [-0.39, 0.29) is 12.3 Å². The number of aromatic amines is 1. The maximum atomic E-state index is 12.6. The van der Waals surface area contributed by atoms with E-state index in [0.717, 1.165) is 27.6 Å². The molecule has 3 N–H and O–H groups in total. The molecule has 2 aromatic carbocycles. The maximum Gasteiger partial charge on any atom is 0.326 e. The topological polar surface area (TPSA) is 82.2 Å². The van der Waals surface area contributed by atoms with Crippen LogP contribution in [0.1, 0.15) is 27.0 Å². The molecule has 0 aliphatic carbocycles. The zero-order chi connectivity index (χ0) is 18.0. The highest BCUT2D eigenvalue weighted by atomic mass is 16.4. The van der Waals surface area contributed by atoms with Gasteiger partial charge in [-0.25, -0.2) is 4.79 Å². The number of aliphatic carboxylic acids is 1. The number of nitrogens with one attached hydrogen (secondary N) is 2. The molecule has 1 aromatic heterocycles. The highest BCUT2D eigenvalue weighted by Gasteiger charge is 2.23. The first-order valence-corrected chi connectivity index (χ1v) is 8.12. The molecule has 0 spiro atoms. The SMILES string of the molecule is Cc1cccc(C)c1C(=O)N[C@@H](Cc1c[nH]c2ccccc12)C(=O)O. The average molecular weight is 336 g/mol. The summed E-state index contributed by atoms with van der Waals surface area (Å²) in [6, 6.07) is 12.3. The van der Waals surface area contributed by atoms with E-state index in [0.29, 0.717) is 5.56 Å². The van der Waals surface area contributed by atoms with Crippen molar-refractivity contribution in [3.63, 3.8) is 0 Å². The quantitative estimate of drug-likeness (QED) is 0.669. The van der Waals surface area contributed by atoms with E-state index in [1.54, 1.807) is 6.20 Å². The van der Waals surface area contributed by atoms with Crippen LogP contribution in [0.25, 0.3) is 10.9 Å². The van der Waals surface area contributed by atoms with Crippen molar-refractivity contribution in [2.45, 2.75) is 26.3 Å². The molecule has 0 aliphatic heterocycles. The van der Waals surface area contributed by atoms with Gasteiger partial charge in [0.25, 0.3) is 5.91 Å². The van der Waals surface area contributed by atoms with Crippen molar-refractivity contribution < 1.29 is 14.7 Å². The second-order valence-electron chi connectivity index (χ2n) is 6.19. The van der Waals surface area contributed by atoms with Crippen LogP contribution in [0, 0.1) is 13.8 Å². The number of hydrogen-bond donors (Lipinski definition) is 3. The number of aromatic nitrogens is 1. The molecule has 5 nitrogen and oxygen atoms in total. The molecule has 0 aliphatic rings. The number of rotatable bonds is 5. The van der Waals surface area contributed by atoms with Crippen LogP contribution >= 0.6 is 0 Å². The van der Waals surface area contributed by atoms with Gasteiger partial charge in [0.15, 0.2) is 0 Å². The molecule has 1 atom stereocenters. The predicted octanol–water partition coefficient (Wildman–Crippen LogP) is 3.21. The molecule has 0 bridgehead atoms. The van der Waals surface area contributed by atoms with Crippen molar-refractivity contribution in [3.05, 3.63) is 70.9 Å². The molecule has 0 fully saturated rings. The van der Waals surface area contributed by atoms with Gasteiger partial charge in [-0.2, -0.15) is 0 Å². The Morgan fingerprint density at radius 1 is 1.08 bits per heavy atom. The fourth-order valence-corrected chi connectivity index (χ4v) is 3.12. The first-order chi connectivity index (χ1) is 12.0. The van der Waals surface area contributed by atoms with Gasteiger partial charge in [-0.3, -0.25) is 4.79 Å². The van der Waals surface area contributed by atoms with E-state index >= 15 is 0 Å². The number of carboxylic acids is 1. The number of carbonyl (C=O) groups excluding carboxylic acids is 1. The zero-order valence-electron chi connectivity index (χ0n) is 14.2. The summed E-state index contributed by atoms with van der Waals surface area (Å²) in [5.41, 5.74) is 4.00. The van der Waals surface area contributed by atoms with Crippen molar-refractivity contribution in [1.82, 2.24) is 10.3 Å². The number of carbonyl (C=O) groups is 2. The molecule has 1 heterocycles. The number of aryl methyl sites for hydroxylation is 2. The molecular formula is C20H20N2O3. The van der Waals surface area contributed by atoms with Crippen LogP contribution in [0.5, 0.6) is 0 Å². The zero-order valence-corrected chi connectivity index (χ0v) is 14.2. The molecular weight excluding hydrogens is 316 g/mol. The van der Waals surface area contributed by atoms with Gasteiger partial charge in [0, 0.05) is 29.1 Å². The van der Waals surface area contributed by atoms with Crippen molar-refractivity contribution in [2.75, 3.05) is 0 Å². The minimum atomic E-state index is -1.05. The lowest BCUT2D eigenvalue weighted by atomic mass is 10.0. The van der Waals surface area contributed by atoms with Crippen molar-refractivity contribution in [3.8, 4) is 0 Å². The largest absolute Gasteiger partial charge is 0.480 e. The molecule has 0 radical (unpaired) electrons. The molecule has 25 heavy (non-hydrogen) atoms. The molecule has 128 valence electrons. The van der Waals surface area contributed by atoms with Crippen LogP contribution in [0.4, 0.5) is 0 Å². The van der Waals surface area contributed by atoms with Gasteiger partial charge in [-0.15, -0.1) is 0 Å². The van der Waals surface area contributed by atoms with Gasteiger partial charge in [0.1, 0.15) is 6.04 Å². The molecule has 0 saturated carbocycles. The standard InChI is InChI=1S/C20H20N2O3/c1-12-6-5-7-13(2)18(12)19(23)22-17(20(24)25)10-14-11-21-16-9-4-3-8-15(14)16/h3-9,11,17,21H,10H2,1-2H3,(H,22,23)(H,24,25)/t17-/m0/s1. The summed E-state index contributed by atoms with van der Waals surface area (Å²) >= 11 is 0. The summed E-state index contributed by atoms with van der Waals surface area (Å²) in [5, 5.41) is 13.2. The highest BCUT2D eigenvalue weighted by Crippen LogP contribution is 2.20. The summed E-state index contributed by atoms with van der Waals surface area (Å²) in [4.78, 5) is 27.4. The average Bonchev–Trinajstić information content (AvgIpc) is 2.97. The van der Waals surface area contributed by atoms with Gasteiger partial charge < -0.3 is 15.4 Å². The smallest absolute Gasteiger partial charge is 0.326 e. The summed E-state index contributed by atoms with van der Waals surface area (Å²) in [5.74, 6) is -1.41. The lowest BCUT2D eigenvalue weighted by molar-refractivity contribution is -0.139. The third kappa shape index (κ3) is 3.40. The third-order valence-electron chi connectivity index (χ3n) is 4.41. The molecule has 1 amide bonds. The minimum absolute atomic E-state index is 0.218. The van der Waals surface area contributed by atoms with Crippen LogP contribution in [-0.2, 0) is 11.2 Å². The first-order valence-electron chi connectivity index (χ1n) is 8.12. The van der Waals surface area contributed by atoms with Crippen molar-refractivity contribution in [1.29, 1.82) is 0 Å². The number of para-hydroxylation sites is 1. The second-order valence-corrected chi connectivity index (χ2v) is 6.19. The van der Waals surface area contributed by atoms with Crippen LogP contribution in [-0.4, -0.2) is 28.0 Å². The highest BCUT2D eigenvalue weighted by molar-refractivity contribution is 5.99. The Bertz CT molecular complexity index is 923. The van der Waals surface area contributed by atoms with E-state index in [4.69, 9.17) is 0 Å². The van der Waals surface area contributed by atoms with Crippen LogP contribution in [0.3, 0.4) is 0 Å². The normalized spacial score (nSPS) is 12.1. The van der Waals surface area contributed by atoms with E-state index in [2.05, 4.69) is 10.3 Å². The molecule has 3 rings (SSSR count). The summed E-state index contributed by atoms with van der Waals surface area (Å²) < 4.78 is 0. The van der Waals surface area contributed by atoms with Crippen molar-refractivity contribution >= 4 is 22.8 Å². The molecule has 5 heteroatoms. The number of H-pyrrole nitrogens is 1. The van der Waals surface area contributed by atoms with Gasteiger partial charge >= 0.3 is 5.97 Å². The Labute approximate surface area is 145 Å². The minimum Gasteiger partial charge on any atom is -0.480 e. The lowest BCUT2D eigenvalue weighted by Gasteiger charge is -2.16. The Morgan fingerprint density at radius 3 is 2.44 bits per heavy atom. The monoisotopic (exact) mass is 336 g/mol. The number of amides is 1. The first kappa shape index (κ1) is 16.8. The number of benzene rings is 2. The number of carboxylic acid groups (broad SMARTS) is 1. The Kier molecular flexibility index (Phi) is 4.57. The van der Waals surface area contributed by atoms with E-state index in [1.807, 2.05) is 56.3 Å². The van der Waals surface area contributed by atoms with Gasteiger partial charge in [-0.05, 0) is 36.6 Å². The fourth-order valence-electron chi connectivity index (χ4n) is 3.12. The van der Waals surface area contributed by atoms with Gasteiger partial charge in [-0.1, -0.05) is 36.4 Å². The number of hydrogen-bond acceptors (Lipinski definition) is 2. The van der Waals surface area contributed by atoms with E-state index in [9.17, 15) is 14.7 Å². The molecule has 0 unspecified atom stereocenters. The lowest BCUT2D eigenvalue weighted by Crippen LogP contribution is -2.42. The Balaban J connectivity index is 1.85. The molecule has 0 saturated heterocycles. The van der Waals surface area contributed by atoms with Gasteiger partial charge in [0.05, 0.1) is 0 Å². The summed E-state index contributed by atoms with van der Waals surface area (Å²) in [7, 11) is 0. The predicted molar refractivity (Wildman–Crippen MR) is 96.8 cm³/mol. The fraction of sp³-hybridized carbons (Fsp3) is 0.200. The van der Waals surface area contributed by atoms with E-state index < -0.39 is 12.0 Å². The maximum absolute atomic E-state index is 12.6. The second kappa shape index (κ2) is 6.81. The van der Waals surface area contributed by atoms with Gasteiger partial charge in [0.2, 0.25) is 0 Å². The van der Waals surface area contributed by atoms with Crippen LogP contribution < -0.4 is 5.32 Å². The summed E-state index contributed by atoms with van der Waals surface area (Å²) in [6.07, 6.45) is 2.02. The van der Waals surface area contributed by atoms with E-state index in [1.165, 1.54) is 0 Å². The van der Waals surface area contributed by atoms with Crippen LogP contribution in [0.15, 0.2) is 48.7 Å². The molecule has 3 aromatic rings. The third-order valence-corrected chi connectivity index (χ3v) is 4.41. The Hall–Kier alpha value is -3.08. The summed E-state index contributed by atoms with van der Waals surface area (Å²) in [6.45, 7) is 3.69. The Morgan fingerprint density at radius 2 is 1.76 bits per heavy atom. The number of fused-ring (bicyclic) bond motifs is 1. The van der Waals surface area contributed by atoms with Crippen LogP contribution in [0.2, 0.25) is 0 Å². The van der Waals surface area contributed by atoms with Crippen molar-refractivity contribution in [2.24, 2.45) is 0 Å².